The van der Waals surface area contributed by atoms with E-state index in [9.17, 15) is 4.39 Å². The van der Waals surface area contributed by atoms with Gasteiger partial charge in [-0.25, -0.2) is 4.39 Å². The lowest BCUT2D eigenvalue weighted by Gasteiger charge is -2.21. The van der Waals surface area contributed by atoms with Crippen LogP contribution >= 0.6 is 31.9 Å². The highest BCUT2D eigenvalue weighted by Crippen LogP contribution is 2.28. The number of nitrogens with one attached hydrogen (secondary N) is 1. The van der Waals surface area contributed by atoms with Gasteiger partial charge >= 0.3 is 0 Å². The summed E-state index contributed by atoms with van der Waals surface area (Å²) in [6.45, 7) is 5.06. The molecule has 2 aromatic rings. The topological polar surface area (TPSA) is 12.0 Å². The van der Waals surface area contributed by atoms with Gasteiger partial charge in [-0.15, -0.1) is 0 Å². The number of hydrogen-bond acceptors (Lipinski definition) is 1. The summed E-state index contributed by atoms with van der Waals surface area (Å²) in [4.78, 5) is 0. The van der Waals surface area contributed by atoms with Crippen molar-refractivity contribution < 1.29 is 4.39 Å². The Labute approximate surface area is 142 Å². The second kappa shape index (κ2) is 7.52. The molecule has 0 bridgehead atoms. The molecule has 21 heavy (non-hydrogen) atoms. The predicted octanol–water partition coefficient (Wildman–Crippen LogP) is 5.55. The first-order chi connectivity index (χ1) is 10.0. The summed E-state index contributed by atoms with van der Waals surface area (Å²) in [6.07, 6.45) is 0.745. The first-order valence-electron chi connectivity index (χ1n) is 6.94. The van der Waals surface area contributed by atoms with Crippen molar-refractivity contribution in [2.75, 3.05) is 6.54 Å². The summed E-state index contributed by atoms with van der Waals surface area (Å²) in [5, 5.41) is 3.50. The molecule has 0 saturated carbocycles. The Balaban J connectivity index is 2.32. The molecule has 1 N–H and O–H groups in total. The van der Waals surface area contributed by atoms with E-state index in [1.807, 2.05) is 6.07 Å². The summed E-state index contributed by atoms with van der Waals surface area (Å²) in [5.41, 5.74) is 3.45. The summed E-state index contributed by atoms with van der Waals surface area (Å²) < 4.78 is 15.5. The number of benzene rings is 2. The molecule has 2 rings (SSSR count). The van der Waals surface area contributed by atoms with E-state index in [1.165, 1.54) is 17.2 Å². The van der Waals surface area contributed by atoms with Gasteiger partial charge < -0.3 is 5.32 Å². The Bertz CT molecular complexity index is 628. The number of likely N-dealkylation sites (N-methyl/N-ethyl adjacent to an activating group) is 1. The van der Waals surface area contributed by atoms with Gasteiger partial charge in [0, 0.05) is 15.0 Å². The highest BCUT2D eigenvalue weighted by Gasteiger charge is 2.15. The monoisotopic (exact) mass is 413 g/mol. The van der Waals surface area contributed by atoms with Gasteiger partial charge in [-0.1, -0.05) is 44.8 Å². The number of rotatable bonds is 5. The van der Waals surface area contributed by atoms with Crippen molar-refractivity contribution in [3.63, 3.8) is 0 Å². The number of aryl methyl sites for hydroxylation is 1. The van der Waals surface area contributed by atoms with Crippen molar-refractivity contribution >= 4 is 31.9 Å². The maximum Gasteiger partial charge on any atom is 0.123 e. The summed E-state index contributed by atoms with van der Waals surface area (Å²) in [5.74, 6) is -0.198. The summed E-state index contributed by atoms with van der Waals surface area (Å²) in [6, 6.07) is 11.3. The minimum atomic E-state index is -0.198. The Morgan fingerprint density at radius 1 is 1.14 bits per heavy atom. The van der Waals surface area contributed by atoms with Crippen LogP contribution in [0.5, 0.6) is 0 Å². The standard InChI is InChI=1S/C17H18Br2FN/c1-3-21-17(15-6-4-13(18)8-11(15)2)10-12-9-14(20)5-7-16(12)19/h4-9,17,21H,3,10H2,1-2H3. The SMILES string of the molecule is CCNC(Cc1cc(F)ccc1Br)c1ccc(Br)cc1C. The molecule has 0 heterocycles. The smallest absolute Gasteiger partial charge is 0.123 e. The minimum absolute atomic E-state index is 0.168. The van der Waals surface area contributed by atoms with E-state index in [0.29, 0.717) is 0 Å². The third-order valence-corrected chi connectivity index (χ3v) is 4.76. The molecule has 1 nitrogen and oxygen atoms in total. The Hall–Kier alpha value is -0.710. The van der Waals surface area contributed by atoms with Crippen molar-refractivity contribution in [1.29, 1.82) is 0 Å². The van der Waals surface area contributed by atoms with Crippen LogP contribution in [0.1, 0.15) is 29.7 Å². The van der Waals surface area contributed by atoms with Crippen LogP contribution in [0.2, 0.25) is 0 Å². The average molecular weight is 415 g/mol. The first kappa shape index (κ1) is 16.7. The molecule has 4 heteroatoms. The normalized spacial score (nSPS) is 12.4. The van der Waals surface area contributed by atoms with E-state index in [0.717, 1.165) is 27.5 Å². The zero-order valence-electron chi connectivity index (χ0n) is 12.1. The van der Waals surface area contributed by atoms with Gasteiger partial charge in [-0.05, 0) is 66.9 Å². The van der Waals surface area contributed by atoms with Gasteiger partial charge in [0.05, 0.1) is 0 Å². The number of halogens is 3. The Morgan fingerprint density at radius 2 is 1.90 bits per heavy atom. The predicted molar refractivity (Wildman–Crippen MR) is 93.1 cm³/mol. The first-order valence-corrected chi connectivity index (χ1v) is 8.53. The van der Waals surface area contributed by atoms with E-state index in [4.69, 9.17) is 0 Å². The maximum absolute atomic E-state index is 13.5. The van der Waals surface area contributed by atoms with Crippen LogP contribution in [-0.2, 0) is 6.42 Å². The Morgan fingerprint density at radius 3 is 2.57 bits per heavy atom. The molecule has 2 aromatic carbocycles. The van der Waals surface area contributed by atoms with E-state index in [1.54, 1.807) is 12.1 Å². The van der Waals surface area contributed by atoms with Gasteiger partial charge in [0.2, 0.25) is 0 Å². The fourth-order valence-corrected chi connectivity index (χ4v) is 3.37. The second-order valence-electron chi connectivity index (χ2n) is 5.05. The van der Waals surface area contributed by atoms with Crippen molar-refractivity contribution in [3.8, 4) is 0 Å². The third-order valence-electron chi connectivity index (χ3n) is 3.49. The lowest BCUT2D eigenvalue weighted by Crippen LogP contribution is -2.24. The molecule has 0 amide bonds. The van der Waals surface area contributed by atoms with Gasteiger partial charge in [0.15, 0.2) is 0 Å². The molecule has 0 saturated heterocycles. The van der Waals surface area contributed by atoms with Gasteiger partial charge in [-0.2, -0.15) is 0 Å². The van der Waals surface area contributed by atoms with Crippen molar-refractivity contribution in [1.82, 2.24) is 5.32 Å². The zero-order valence-corrected chi connectivity index (χ0v) is 15.3. The largest absolute Gasteiger partial charge is 0.310 e. The molecule has 0 fully saturated rings. The fraction of sp³-hybridized carbons (Fsp3) is 0.294. The average Bonchev–Trinajstić information content (AvgIpc) is 2.42. The minimum Gasteiger partial charge on any atom is -0.310 e. The van der Waals surface area contributed by atoms with Gasteiger partial charge in [0.1, 0.15) is 5.82 Å². The lowest BCUT2D eigenvalue weighted by molar-refractivity contribution is 0.543. The van der Waals surface area contributed by atoms with Crippen molar-refractivity contribution in [3.05, 3.63) is 67.9 Å². The molecule has 1 unspecified atom stereocenters. The molecular weight excluding hydrogens is 397 g/mol. The van der Waals surface area contributed by atoms with Crippen LogP contribution < -0.4 is 5.32 Å². The van der Waals surface area contributed by atoms with Crippen LogP contribution in [0.15, 0.2) is 45.3 Å². The van der Waals surface area contributed by atoms with Crippen LogP contribution in [0.4, 0.5) is 4.39 Å². The summed E-state index contributed by atoms with van der Waals surface area (Å²) >= 11 is 7.01. The highest BCUT2D eigenvalue weighted by molar-refractivity contribution is 9.10. The third kappa shape index (κ3) is 4.38. The molecular formula is C17H18Br2FN. The van der Waals surface area contributed by atoms with Gasteiger partial charge in [-0.3, -0.25) is 0 Å². The Kier molecular flexibility index (Phi) is 5.97. The van der Waals surface area contributed by atoms with Gasteiger partial charge in [0.25, 0.3) is 0 Å². The summed E-state index contributed by atoms with van der Waals surface area (Å²) in [7, 11) is 0. The van der Waals surface area contributed by atoms with E-state index < -0.39 is 0 Å². The second-order valence-corrected chi connectivity index (χ2v) is 6.82. The van der Waals surface area contributed by atoms with Crippen molar-refractivity contribution in [2.24, 2.45) is 0 Å². The lowest BCUT2D eigenvalue weighted by atomic mass is 9.95. The highest BCUT2D eigenvalue weighted by atomic mass is 79.9. The molecule has 0 spiro atoms. The molecule has 1 atom stereocenters. The van der Waals surface area contributed by atoms with Crippen LogP contribution in [0, 0.1) is 12.7 Å². The molecule has 0 radical (unpaired) electrons. The fourth-order valence-electron chi connectivity index (χ4n) is 2.49. The molecule has 0 aliphatic carbocycles. The van der Waals surface area contributed by atoms with Crippen molar-refractivity contribution in [2.45, 2.75) is 26.3 Å². The maximum atomic E-state index is 13.5. The molecule has 0 aromatic heterocycles. The van der Waals surface area contributed by atoms with Crippen LogP contribution in [-0.4, -0.2) is 6.54 Å². The molecule has 0 aliphatic rings. The van der Waals surface area contributed by atoms with E-state index >= 15 is 0 Å². The van der Waals surface area contributed by atoms with Crippen LogP contribution in [0.25, 0.3) is 0 Å². The molecule has 112 valence electrons. The van der Waals surface area contributed by atoms with Crippen LogP contribution in [0.3, 0.4) is 0 Å². The zero-order chi connectivity index (χ0) is 15.4. The van der Waals surface area contributed by atoms with E-state index in [2.05, 4.69) is 63.2 Å². The van der Waals surface area contributed by atoms with E-state index in [-0.39, 0.29) is 11.9 Å². The number of hydrogen-bond donors (Lipinski definition) is 1. The quantitative estimate of drug-likeness (QED) is 0.675. The molecule has 0 aliphatic heterocycles.